The highest BCUT2D eigenvalue weighted by atomic mass is 16.2. The molecule has 0 saturated heterocycles. The number of aromatic nitrogens is 1. The zero-order valence-electron chi connectivity index (χ0n) is 12.5. The van der Waals surface area contributed by atoms with E-state index in [1.807, 2.05) is 6.07 Å². The van der Waals surface area contributed by atoms with E-state index in [0.29, 0.717) is 17.9 Å². The topological polar surface area (TPSA) is 62.2 Å². The van der Waals surface area contributed by atoms with Crippen LogP contribution in [-0.2, 0) is 4.79 Å². The number of hydrogen-bond donors (Lipinski definition) is 2. The summed E-state index contributed by atoms with van der Waals surface area (Å²) in [4.78, 5) is 16.9. The van der Waals surface area contributed by atoms with Crippen LogP contribution in [-0.4, -0.2) is 22.6 Å². The van der Waals surface area contributed by atoms with Crippen molar-refractivity contribution in [3.05, 3.63) is 23.9 Å². The molecule has 112 valence electrons. The van der Waals surface area contributed by atoms with Crippen molar-refractivity contribution in [3.8, 4) is 11.8 Å². The van der Waals surface area contributed by atoms with Gasteiger partial charge >= 0.3 is 0 Å². The van der Waals surface area contributed by atoms with E-state index < -0.39 is 0 Å². The fraction of sp³-hybridized carbons (Fsp3) is 0.529. The van der Waals surface area contributed by atoms with Gasteiger partial charge in [0.15, 0.2) is 0 Å². The molecular weight excluding hydrogens is 264 g/mol. The number of carbonyl (C=O) groups excluding carboxylic acids is 1. The lowest BCUT2D eigenvalue weighted by Crippen LogP contribution is -2.33. The Bertz CT molecular complexity index is 551. The lowest BCUT2D eigenvalue weighted by Gasteiger charge is -2.25. The largest absolute Gasteiger partial charge is 0.395 e. The van der Waals surface area contributed by atoms with E-state index in [9.17, 15) is 4.79 Å². The van der Waals surface area contributed by atoms with Crippen molar-refractivity contribution >= 4 is 11.7 Å². The van der Waals surface area contributed by atoms with E-state index in [1.54, 1.807) is 12.1 Å². The summed E-state index contributed by atoms with van der Waals surface area (Å²) in [5.41, 5.74) is 0.387. The Balaban J connectivity index is 2.07. The number of pyridine rings is 1. The quantitative estimate of drug-likeness (QED) is 0.837. The molecule has 4 heteroatoms. The van der Waals surface area contributed by atoms with Gasteiger partial charge < -0.3 is 10.4 Å². The molecule has 0 bridgehead atoms. The van der Waals surface area contributed by atoms with Crippen LogP contribution in [0.2, 0.25) is 0 Å². The third-order valence-electron chi connectivity index (χ3n) is 4.16. The van der Waals surface area contributed by atoms with Crippen LogP contribution in [0.3, 0.4) is 0 Å². The molecule has 1 amide bonds. The SMILES string of the molecule is CCC1(C(=O)Nc2cccc(C#CCCO)n2)CCCC1. The van der Waals surface area contributed by atoms with E-state index >= 15 is 0 Å². The first-order valence-electron chi connectivity index (χ1n) is 7.58. The number of anilines is 1. The van der Waals surface area contributed by atoms with Crippen LogP contribution in [0.4, 0.5) is 5.82 Å². The zero-order valence-corrected chi connectivity index (χ0v) is 12.5. The van der Waals surface area contributed by atoms with E-state index in [4.69, 9.17) is 5.11 Å². The smallest absolute Gasteiger partial charge is 0.231 e. The maximum atomic E-state index is 12.5. The van der Waals surface area contributed by atoms with Gasteiger partial charge in [0.05, 0.1) is 6.61 Å². The predicted octanol–water partition coefficient (Wildman–Crippen LogP) is 2.72. The van der Waals surface area contributed by atoms with Crippen LogP contribution in [0, 0.1) is 17.3 Å². The lowest BCUT2D eigenvalue weighted by atomic mass is 9.82. The van der Waals surface area contributed by atoms with Gasteiger partial charge in [0.1, 0.15) is 11.5 Å². The van der Waals surface area contributed by atoms with Gasteiger partial charge in [0.2, 0.25) is 5.91 Å². The molecule has 1 heterocycles. The second-order valence-electron chi connectivity index (χ2n) is 5.48. The standard InChI is InChI=1S/C17H22N2O2/c1-2-17(11-4-5-12-17)16(21)19-15-10-7-9-14(18-15)8-3-6-13-20/h7,9-10,20H,2,4-6,11-13H2,1H3,(H,18,19,21). The van der Waals surface area contributed by atoms with Gasteiger partial charge in [0.25, 0.3) is 0 Å². The van der Waals surface area contributed by atoms with Gasteiger partial charge in [-0.1, -0.05) is 31.8 Å². The van der Waals surface area contributed by atoms with Crippen LogP contribution in [0.5, 0.6) is 0 Å². The van der Waals surface area contributed by atoms with Gasteiger partial charge in [0, 0.05) is 11.8 Å². The van der Waals surface area contributed by atoms with E-state index in [2.05, 4.69) is 29.1 Å². The summed E-state index contributed by atoms with van der Waals surface area (Å²) in [6, 6.07) is 5.41. The van der Waals surface area contributed by atoms with Crippen molar-refractivity contribution in [1.29, 1.82) is 0 Å². The molecule has 0 aliphatic heterocycles. The molecule has 1 aliphatic carbocycles. The summed E-state index contributed by atoms with van der Waals surface area (Å²) in [7, 11) is 0. The number of nitrogens with one attached hydrogen (secondary N) is 1. The number of carbonyl (C=O) groups is 1. The zero-order chi connectivity index (χ0) is 15.1. The van der Waals surface area contributed by atoms with E-state index in [1.165, 1.54) is 0 Å². The summed E-state index contributed by atoms with van der Waals surface area (Å²) in [6.45, 7) is 2.12. The molecule has 1 saturated carbocycles. The Morgan fingerprint density at radius 2 is 2.19 bits per heavy atom. The Hall–Kier alpha value is -1.86. The predicted molar refractivity (Wildman–Crippen MR) is 82.6 cm³/mol. The number of nitrogens with zero attached hydrogens (tertiary/aromatic N) is 1. The number of hydrogen-bond acceptors (Lipinski definition) is 3. The molecule has 0 aromatic carbocycles. The fourth-order valence-corrected chi connectivity index (χ4v) is 2.82. The highest BCUT2D eigenvalue weighted by Crippen LogP contribution is 2.41. The average molecular weight is 286 g/mol. The average Bonchev–Trinajstić information content (AvgIpc) is 2.98. The third-order valence-corrected chi connectivity index (χ3v) is 4.16. The van der Waals surface area contributed by atoms with Gasteiger partial charge in [-0.15, -0.1) is 0 Å². The molecule has 1 fully saturated rings. The molecule has 0 atom stereocenters. The Morgan fingerprint density at radius 3 is 2.86 bits per heavy atom. The highest BCUT2D eigenvalue weighted by Gasteiger charge is 2.39. The molecule has 21 heavy (non-hydrogen) atoms. The van der Waals surface area contributed by atoms with Gasteiger partial charge in [-0.3, -0.25) is 4.79 Å². The lowest BCUT2D eigenvalue weighted by molar-refractivity contribution is -0.125. The fourth-order valence-electron chi connectivity index (χ4n) is 2.82. The molecule has 2 rings (SSSR count). The van der Waals surface area contributed by atoms with Crippen LogP contribution in [0.25, 0.3) is 0 Å². The Labute approximate surface area is 126 Å². The van der Waals surface area contributed by atoms with Crippen LogP contribution < -0.4 is 5.32 Å². The highest BCUT2D eigenvalue weighted by molar-refractivity contribution is 5.94. The van der Waals surface area contributed by atoms with Crippen molar-refractivity contribution < 1.29 is 9.90 Å². The van der Waals surface area contributed by atoms with Crippen LogP contribution in [0.1, 0.15) is 51.1 Å². The maximum Gasteiger partial charge on any atom is 0.231 e. The molecule has 1 aromatic heterocycles. The Morgan fingerprint density at radius 1 is 1.43 bits per heavy atom. The minimum absolute atomic E-state index is 0.0441. The second-order valence-corrected chi connectivity index (χ2v) is 5.48. The first kappa shape index (κ1) is 15.5. The minimum Gasteiger partial charge on any atom is -0.395 e. The summed E-state index contributed by atoms with van der Waals surface area (Å²) in [5, 5.41) is 11.7. The van der Waals surface area contributed by atoms with Crippen molar-refractivity contribution in [2.24, 2.45) is 5.41 Å². The van der Waals surface area contributed by atoms with Crippen LogP contribution in [0.15, 0.2) is 18.2 Å². The normalized spacial score (nSPS) is 16.1. The summed E-state index contributed by atoms with van der Waals surface area (Å²) in [5.74, 6) is 6.34. The van der Waals surface area contributed by atoms with Crippen LogP contribution >= 0.6 is 0 Å². The van der Waals surface area contributed by atoms with Crippen molar-refractivity contribution in [2.45, 2.75) is 45.4 Å². The third kappa shape index (κ3) is 3.83. The number of rotatable bonds is 4. The molecule has 1 aromatic rings. The monoisotopic (exact) mass is 286 g/mol. The number of aliphatic hydroxyl groups excluding tert-OH is 1. The summed E-state index contributed by atoms with van der Waals surface area (Å²) in [6.07, 6.45) is 5.48. The maximum absolute atomic E-state index is 12.5. The molecule has 0 unspecified atom stereocenters. The van der Waals surface area contributed by atoms with Gasteiger partial charge in [-0.25, -0.2) is 4.98 Å². The first-order chi connectivity index (χ1) is 10.2. The van der Waals surface area contributed by atoms with Crippen molar-refractivity contribution in [1.82, 2.24) is 4.98 Å². The second kappa shape index (κ2) is 7.24. The number of amides is 1. The molecule has 4 nitrogen and oxygen atoms in total. The van der Waals surface area contributed by atoms with E-state index in [-0.39, 0.29) is 17.9 Å². The van der Waals surface area contributed by atoms with Crippen molar-refractivity contribution in [2.75, 3.05) is 11.9 Å². The molecular formula is C17H22N2O2. The molecule has 0 spiro atoms. The summed E-state index contributed by atoms with van der Waals surface area (Å²) >= 11 is 0. The van der Waals surface area contributed by atoms with E-state index in [0.717, 1.165) is 32.1 Å². The molecule has 2 N–H and O–H groups in total. The number of aliphatic hydroxyl groups is 1. The Kier molecular flexibility index (Phi) is 5.35. The van der Waals surface area contributed by atoms with Gasteiger partial charge in [-0.05, 0) is 37.3 Å². The van der Waals surface area contributed by atoms with Crippen molar-refractivity contribution in [3.63, 3.8) is 0 Å². The van der Waals surface area contributed by atoms with Gasteiger partial charge in [-0.2, -0.15) is 0 Å². The molecule has 1 aliphatic rings. The molecule has 0 radical (unpaired) electrons. The minimum atomic E-state index is -0.222. The summed E-state index contributed by atoms with van der Waals surface area (Å²) < 4.78 is 0. The first-order valence-corrected chi connectivity index (χ1v) is 7.58.